The summed E-state index contributed by atoms with van der Waals surface area (Å²) in [4.78, 5) is 1.73. The van der Waals surface area contributed by atoms with E-state index >= 15 is 0 Å². The molecule has 1 aromatic heterocycles. The second-order valence-electron chi connectivity index (χ2n) is 7.14. The zero-order valence-electron chi connectivity index (χ0n) is 15.5. The van der Waals surface area contributed by atoms with Crippen molar-refractivity contribution in [3.63, 3.8) is 0 Å². The van der Waals surface area contributed by atoms with Crippen molar-refractivity contribution in [1.82, 2.24) is 9.47 Å². The van der Waals surface area contributed by atoms with Gasteiger partial charge in [-0.3, -0.25) is 4.90 Å². The van der Waals surface area contributed by atoms with Crippen LogP contribution < -0.4 is 0 Å². The molecule has 0 saturated heterocycles. The molecule has 4 rings (SSSR count). The Morgan fingerprint density at radius 3 is 2.31 bits per heavy atom. The summed E-state index contributed by atoms with van der Waals surface area (Å²) in [5.41, 5.74) is -0.116. The summed E-state index contributed by atoms with van der Waals surface area (Å²) in [5, 5.41) is 0. The molecule has 0 amide bonds. The summed E-state index contributed by atoms with van der Waals surface area (Å²) in [5.74, 6) is -1.40. The Morgan fingerprint density at radius 1 is 0.862 bits per heavy atom. The van der Waals surface area contributed by atoms with E-state index in [1.165, 1.54) is 18.2 Å². The lowest BCUT2D eigenvalue weighted by Crippen LogP contribution is -2.31. The largest absolute Gasteiger partial charge is 0.416 e. The van der Waals surface area contributed by atoms with E-state index in [9.17, 15) is 22.0 Å². The summed E-state index contributed by atoms with van der Waals surface area (Å²) in [6.07, 6.45) is -2.05. The summed E-state index contributed by atoms with van der Waals surface area (Å²) in [7, 11) is 0. The van der Waals surface area contributed by atoms with E-state index in [2.05, 4.69) is 0 Å². The predicted molar refractivity (Wildman–Crippen MR) is 99.1 cm³/mol. The smallest absolute Gasteiger partial charge is 0.350 e. The molecule has 1 unspecified atom stereocenters. The van der Waals surface area contributed by atoms with Crippen molar-refractivity contribution in [3.8, 4) is 0 Å². The third kappa shape index (κ3) is 3.79. The quantitative estimate of drug-likeness (QED) is 0.501. The fourth-order valence-corrected chi connectivity index (χ4v) is 4.05. The summed E-state index contributed by atoms with van der Waals surface area (Å²) < 4.78 is 71.7. The van der Waals surface area contributed by atoms with Crippen molar-refractivity contribution in [2.75, 3.05) is 6.54 Å². The van der Waals surface area contributed by atoms with Crippen LogP contribution in [0.4, 0.5) is 22.0 Å². The normalized spacial score (nSPS) is 17.8. The molecular weight excluding hydrogens is 387 g/mol. The van der Waals surface area contributed by atoms with E-state index in [-0.39, 0.29) is 17.7 Å². The van der Waals surface area contributed by atoms with Gasteiger partial charge >= 0.3 is 6.18 Å². The Morgan fingerprint density at radius 2 is 1.59 bits per heavy atom. The van der Waals surface area contributed by atoms with Crippen LogP contribution in [0.2, 0.25) is 0 Å². The zero-order valence-corrected chi connectivity index (χ0v) is 15.5. The first-order chi connectivity index (χ1) is 13.9. The summed E-state index contributed by atoms with van der Waals surface area (Å²) in [6, 6.07) is 11.8. The average Bonchev–Trinajstić information content (AvgIpc) is 3.05. The highest BCUT2D eigenvalue weighted by atomic mass is 19.4. The molecule has 152 valence electrons. The van der Waals surface area contributed by atoms with E-state index < -0.39 is 29.4 Å². The maximum absolute atomic E-state index is 14.3. The number of benzene rings is 2. The molecular formula is C22H19F5N2. The van der Waals surface area contributed by atoms with Crippen LogP contribution in [0.5, 0.6) is 0 Å². The number of aryl methyl sites for hydroxylation is 1. The van der Waals surface area contributed by atoms with Gasteiger partial charge in [0.2, 0.25) is 0 Å². The van der Waals surface area contributed by atoms with E-state index in [0.29, 0.717) is 25.2 Å². The van der Waals surface area contributed by atoms with E-state index in [1.807, 2.05) is 10.8 Å². The first kappa shape index (κ1) is 19.6. The topological polar surface area (TPSA) is 8.17 Å². The highest BCUT2D eigenvalue weighted by molar-refractivity contribution is 5.38. The number of fused-ring (bicyclic) bond motifs is 1. The monoisotopic (exact) mass is 406 g/mol. The predicted octanol–water partition coefficient (Wildman–Crippen LogP) is 5.78. The maximum atomic E-state index is 14.3. The first-order valence-electron chi connectivity index (χ1n) is 9.34. The van der Waals surface area contributed by atoms with Crippen molar-refractivity contribution >= 4 is 0 Å². The van der Waals surface area contributed by atoms with Crippen LogP contribution in [-0.2, 0) is 19.3 Å². The molecule has 0 bridgehead atoms. The number of alkyl halides is 3. The van der Waals surface area contributed by atoms with Crippen LogP contribution in [0.25, 0.3) is 0 Å². The standard InChI is InChI=1S/C22H19F5N2/c23-18-8-3-9-19(24)16(18)14-29-13-5-12-28-11-4-10-20(28)21(29)15-6-1-2-7-17(15)22(25,26)27/h1-4,6-11,21H,5,12-14H2. The highest BCUT2D eigenvalue weighted by Gasteiger charge is 2.38. The molecule has 1 aliphatic heterocycles. The lowest BCUT2D eigenvalue weighted by Gasteiger charge is -2.32. The van der Waals surface area contributed by atoms with Crippen molar-refractivity contribution in [3.05, 3.63) is 94.8 Å². The van der Waals surface area contributed by atoms with Crippen LogP contribution in [0.1, 0.15) is 34.8 Å². The number of hydrogen-bond donors (Lipinski definition) is 0. The van der Waals surface area contributed by atoms with Crippen LogP contribution >= 0.6 is 0 Å². The summed E-state index contributed by atoms with van der Waals surface area (Å²) >= 11 is 0. The van der Waals surface area contributed by atoms with Crippen LogP contribution in [0.3, 0.4) is 0 Å². The highest BCUT2D eigenvalue weighted by Crippen LogP contribution is 2.40. The molecule has 1 aliphatic rings. The van der Waals surface area contributed by atoms with Crippen molar-refractivity contribution < 1.29 is 22.0 Å². The fourth-order valence-electron chi connectivity index (χ4n) is 4.05. The molecule has 0 radical (unpaired) electrons. The van der Waals surface area contributed by atoms with Crippen molar-refractivity contribution in [2.24, 2.45) is 0 Å². The second kappa shape index (κ2) is 7.63. The third-order valence-corrected chi connectivity index (χ3v) is 5.34. The Kier molecular flexibility index (Phi) is 5.17. The SMILES string of the molecule is Fc1cccc(F)c1CN1CCCn2cccc2C1c1ccccc1C(F)(F)F. The van der Waals surface area contributed by atoms with E-state index in [0.717, 1.165) is 18.2 Å². The van der Waals surface area contributed by atoms with Gasteiger partial charge in [0, 0.05) is 37.1 Å². The Bertz CT molecular complexity index is 988. The molecule has 7 heteroatoms. The lowest BCUT2D eigenvalue weighted by atomic mass is 9.95. The minimum Gasteiger partial charge on any atom is -0.350 e. The van der Waals surface area contributed by atoms with Crippen LogP contribution in [0, 0.1) is 11.6 Å². The zero-order chi connectivity index (χ0) is 20.6. The Balaban J connectivity index is 1.85. The molecule has 0 fully saturated rings. The molecule has 0 N–H and O–H groups in total. The molecule has 2 aromatic carbocycles. The van der Waals surface area contributed by atoms with Gasteiger partial charge < -0.3 is 4.57 Å². The number of halogens is 5. The average molecular weight is 406 g/mol. The Labute approximate surface area is 165 Å². The molecule has 1 atom stereocenters. The van der Waals surface area contributed by atoms with Gasteiger partial charge in [-0.15, -0.1) is 0 Å². The van der Waals surface area contributed by atoms with Gasteiger partial charge in [-0.2, -0.15) is 13.2 Å². The second-order valence-corrected chi connectivity index (χ2v) is 7.14. The van der Waals surface area contributed by atoms with Crippen LogP contribution in [0.15, 0.2) is 60.8 Å². The van der Waals surface area contributed by atoms with Gasteiger partial charge in [-0.25, -0.2) is 8.78 Å². The lowest BCUT2D eigenvalue weighted by molar-refractivity contribution is -0.138. The first-order valence-corrected chi connectivity index (χ1v) is 9.34. The fraction of sp³-hybridized carbons (Fsp3) is 0.273. The molecule has 0 aliphatic carbocycles. The van der Waals surface area contributed by atoms with Crippen LogP contribution in [-0.4, -0.2) is 16.0 Å². The van der Waals surface area contributed by atoms with Crippen molar-refractivity contribution in [1.29, 1.82) is 0 Å². The molecule has 3 aromatic rings. The number of hydrogen-bond acceptors (Lipinski definition) is 1. The molecule has 2 heterocycles. The molecule has 0 saturated carbocycles. The Hall–Kier alpha value is -2.67. The van der Waals surface area contributed by atoms with Gasteiger partial charge in [0.15, 0.2) is 0 Å². The number of nitrogens with zero attached hydrogens (tertiary/aromatic N) is 2. The van der Waals surface area contributed by atoms with Gasteiger partial charge in [0.1, 0.15) is 11.6 Å². The van der Waals surface area contributed by atoms with Gasteiger partial charge in [-0.1, -0.05) is 24.3 Å². The van der Waals surface area contributed by atoms with Gasteiger partial charge in [0.05, 0.1) is 11.6 Å². The van der Waals surface area contributed by atoms with Gasteiger partial charge in [-0.05, 0) is 42.3 Å². The minimum absolute atomic E-state index is 0.0820. The third-order valence-electron chi connectivity index (χ3n) is 5.34. The minimum atomic E-state index is -4.53. The molecule has 0 spiro atoms. The maximum Gasteiger partial charge on any atom is 0.416 e. The summed E-state index contributed by atoms with van der Waals surface area (Å²) in [6.45, 7) is 0.913. The number of aromatic nitrogens is 1. The van der Waals surface area contributed by atoms with Gasteiger partial charge in [0.25, 0.3) is 0 Å². The van der Waals surface area contributed by atoms with E-state index in [1.54, 1.807) is 23.1 Å². The molecule has 2 nitrogen and oxygen atoms in total. The molecule has 29 heavy (non-hydrogen) atoms. The van der Waals surface area contributed by atoms with E-state index in [4.69, 9.17) is 0 Å². The number of rotatable bonds is 3. The van der Waals surface area contributed by atoms with Crippen molar-refractivity contribution in [2.45, 2.75) is 31.7 Å².